The highest BCUT2D eigenvalue weighted by Crippen LogP contribution is 2.11. The first-order valence-electron chi connectivity index (χ1n) is 5.78. The van der Waals surface area contributed by atoms with Crippen molar-refractivity contribution in [2.45, 2.75) is 6.61 Å². The summed E-state index contributed by atoms with van der Waals surface area (Å²) in [5.74, 6) is -0.472. The van der Waals surface area contributed by atoms with Crippen molar-refractivity contribution in [3.05, 3.63) is 65.9 Å². The van der Waals surface area contributed by atoms with Crippen LogP contribution in [0.25, 0.3) is 6.08 Å². The summed E-state index contributed by atoms with van der Waals surface area (Å²) in [7, 11) is 0. The van der Waals surface area contributed by atoms with E-state index < -0.39 is 5.97 Å². The number of benzene rings is 1. The summed E-state index contributed by atoms with van der Waals surface area (Å²) in [6, 6.07) is 13.3. The number of carboxylic acid groups (broad SMARTS) is 1. The number of nitrogens with zero attached hydrogens (tertiary/aromatic N) is 1. The second kappa shape index (κ2) is 6.35. The Labute approximate surface area is 111 Å². The molecule has 19 heavy (non-hydrogen) atoms. The molecule has 4 heteroatoms. The van der Waals surface area contributed by atoms with E-state index in [0.29, 0.717) is 12.5 Å². The molecule has 1 N–H and O–H groups in total. The lowest BCUT2D eigenvalue weighted by atomic mass is 10.2. The number of rotatable bonds is 5. The smallest absolute Gasteiger partial charge is 0.328 e. The van der Waals surface area contributed by atoms with Gasteiger partial charge in [-0.3, -0.25) is 0 Å². The summed E-state index contributed by atoms with van der Waals surface area (Å²) in [5, 5.41) is 8.51. The zero-order chi connectivity index (χ0) is 13.5. The number of hydrogen-bond acceptors (Lipinski definition) is 3. The SMILES string of the molecule is O=C(O)/C=C/c1ccc(OCc2ccccc2)nc1. The molecule has 0 aliphatic rings. The molecular formula is C15H13NO3. The van der Waals surface area contributed by atoms with Gasteiger partial charge in [-0.05, 0) is 23.3 Å². The van der Waals surface area contributed by atoms with Crippen LogP contribution < -0.4 is 4.74 Å². The summed E-state index contributed by atoms with van der Waals surface area (Å²) in [5.41, 5.74) is 1.79. The highest BCUT2D eigenvalue weighted by atomic mass is 16.5. The molecule has 1 aromatic carbocycles. The van der Waals surface area contributed by atoms with E-state index in [-0.39, 0.29) is 0 Å². The minimum atomic E-state index is -0.982. The van der Waals surface area contributed by atoms with Gasteiger partial charge in [-0.1, -0.05) is 30.3 Å². The predicted molar refractivity (Wildman–Crippen MR) is 71.7 cm³/mol. The Kier molecular flexibility index (Phi) is 4.29. The van der Waals surface area contributed by atoms with Gasteiger partial charge >= 0.3 is 5.97 Å². The van der Waals surface area contributed by atoms with Gasteiger partial charge in [0.1, 0.15) is 6.61 Å². The lowest BCUT2D eigenvalue weighted by Gasteiger charge is -2.05. The molecular weight excluding hydrogens is 242 g/mol. The van der Waals surface area contributed by atoms with Gasteiger partial charge in [0.15, 0.2) is 0 Å². The van der Waals surface area contributed by atoms with E-state index in [9.17, 15) is 4.79 Å². The minimum absolute atomic E-state index is 0.456. The average Bonchev–Trinajstić information content (AvgIpc) is 2.45. The topological polar surface area (TPSA) is 59.4 Å². The third kappa shape index (κ3) is 4.27. The van der Waals surface area contributed by atoms with Crippen molar-refractivity contribution in [1.82, 2.24) is 4.98 Å². The second-order valence-electron chi connectivity index (χ2n) is 3.88. The van der Waals surface area contributed by atoms with Crippen molar-refractivity contribution >= 4 is 12.0 Å². The van der Waals surface area contributed by atoms with Crippen LogP contribution >= 0.6 is 0 Å². The molecule has 0 amide bonds. The number of hydrogen-bond donors (Lipinski definition) is 1. The van der Waals surface area contributed by atoms with Gasteiger partial charge in [0.05, 0.1) is 0 Å². The van der Waals surface area contributed by atoms with Gasteiger partial charge in [-0.15, -0.1) is 0 Å². The van der Waals surface area contributed by atoms with Gasteiger partial charge in [0.25, 0.3) is 0 Å². The molecule has 0 spiro atoms. The standard InChI is InChI=1S/C15H13NO3/c17-15(18)9-7-12-6-8-14(16-10-12)19-11-13-4-2-1-3-5-13/h1-10H,11H2,(H,17,18)/b9-7+. The van der Waals surface area contributed by atoms with E-state index in [1.807, 2.05) is 30.3 Å². The highest BCUT2D eigenvalue weighted by Gasteiger charge is 1.97. The molecule has 1 heterocycles. The Hall–Kier alpha value is -2.62. The first-order valence-corrected chi connectivity index (χ1v) is 5.78. The fraction of sp³-hybridized carbons (Fsp3) is 0.0667. The second-order valence-corrected chi connectivity index (χ2v) is 3.88. The summed E-state index contributed by atoms with van der Waals surface area (Å²) in [6.07, 6.45) is 4.12. The quantitative estimate of drug-likeness (QED) is 0.834. The van der Waals surface area contributed by atoms with E-state index in [4.69, 9.17) is 9.84 Å². The molecule has 0 aliphatic heterocycles. The Morgan fingerprint density at radius 1 is 1.21 bits per heavy atom. The molecule has 1 aromatic heterocycles. The van der Waals surface area contributed by atoms with E-state index in [1.54, 1.807) is 18.3 Å². The van der Waals surface area contributed by atoms with Crippen LogP contribution in [-0.4, -0.2) is 16.1 Å². The third-order valence-electron chi connectivity index (χ3n) is 2.41. The molecule has 0 aliphatic carbocycles. The molecule has 4 nitrogen and oxygen atoms in total. The Balaban J connectivity index is 1.94. The maximum atomic E-state index is 10.4. The largest absolute Gasteiger partial charge is 0.478 e. The zero-order valence-corrected chi connectivity index (χ0v) is 10.2. The lowest BCUT2D eigenvalue weighted by Crippen LogP contribution is -1.96. The van der Waals surface area contributed by atoms with Crippen LogP contribution in [0.1, 0.15) is 11.1 Å². The van der Waals surface area contributed by atoms with Crippen LogP contribution in [0.5, 0.6) is 5.88 Å². The number of aromatic nitrogens is 1. The van der Waals surface area contributed by atoms with Crippen LogP contribution in [0.3, 0.4) is 0 Å². The average molecular weight is 255 g/mol. The molecule has 2 aromatic rings. The molecule has 0 radical (unpaired) electrons. The molecule has 0 unspecified atom stereocenters. The Morgan fingerprint density at radius 2 is 2.00 bits per heavy atom. The number of carboxylic acids is 1. The van der Waals surface area contributed by atoms with Crippen molar-refractivity contribution in [1.29, 1.82) is 0 Å². The molecule has 0 bridgehead atoms. The minimum Gasteiger partial charge on any atom is -0.478 e. The van der Waals surface area contributed by atoms with Crippen LogP contribution in [-0.2, 0) is 11.4 Å². The van der Waals surface area contributed by atoms with E-state index >= 15 is 0 Å². The molecule has 2 rings (SSSR count). The van der Waals surface area contributed by atoms with Crippen LogP contribution in [0.4, 0.5) is 0 Å². The van der Waals surface area contributed by atoms with Gasteiger partial charge in [0.2, 0.25) is 5.88 Å². The molecule has 0 saturated heterocycles. The van der Waals surface area contributed by atoms with Crippen molar-refractivity contribution < 1.29 is 14.6 Å². The number of aliphatic carboxylic acids is 1. The highest BCUT2D eigenvalue weighted by molar-refractivity contribution is 5.85. The maximum absolute atomic E-state index is 10.4. The summed E-state index contributed by atoms with van der Waals surface area (Å²) in [6.45, 7) is 0.456. The van der Waals surface area contributed by atoms with E-state index in [2.05, 4.69) is 4.98 Å². The first kappa shape index (κ1) is 12.8. The maximum Gasteiger partial charge on any atom is 0.328 e. The van der Waals surface area contributed by atoms with Gasteiger partial charge in [0, 0.05) is 18.3 Å². The van der Waals surface area contributed by atoms with Crippen LogP contribution in [0.15, 0.2) is 54.7 Å². The van der Waals surface area contributed by atoms with Crippen LogP contribution in [0, 0.1) is 0 Å². The predicted octanol–water partition coefficient (Wildman–Crippen LogP) is 2.76. The number of pyridine rings is 1. The van der Waals surface area contributed by atoms with Gasteiger partial charge < -0.3 is 9.84 Å². The molecule has 0 fully saturated rings. The normalized spacial score (nSPS) is 10.5. The lowest BCUT2D eigenvalue weighted by molar-refractivity contribution is -0.131. The third-order valence-corrected chi connectivity index (χ3v) is 2.41. The summed E-state index contributed by atoms with van der Waals surface area (Å²) in [4.78, 5) is 14.5. The van der Waals surface area contributed by atoms with Crippen molar-refractivity contribution in [2.75, 3.05) is 0 Å². The van der Waals surface area contributed by atoms with E-state index in [0.717, 1.165) is 17.2 Å². The Bertz CT molecular complexity index is 562. The van der Waals surface area contributed by atoms with Crippen molar-refractivity contribution in [3.63, 3.8) is 0 Å². The van der Waals surface area contributed by atoms with Crippen LogP contribution in [0.2, 0.25) is 0 Å². The molecule has 0 saturated carbocycles. The van der Waals surface area contributed by atoms with Crippen molar-refractivity contribution in [2.24, 2.45) is 0 Å². The van der Waals surface area contributed by atoms with Gasteiger partial charge in [-0.25, -0.2) is 9.78 Å². The monoisotopic (exact) mass is 255 g/mol. The first-order chi connectivity index (χ1) is 9.24. The summed E-state index contributed by atoms with van der Waals surface area (Å²) >= 11 is 0. The Morgan fingerprint density at radius 3 is 2.63 bits per heavy atom. The van der Waals surface area contributed by atoms with Crippen molar-refractivity contribution in [3.8, 4) is 5.88 Å². The zero-order valence-electron chi connectivity index (χ0n) is 10.2. The molecule has 96 valence electrons. The number of ether oxygens (including phenoxy) is 1. The van der Waals surface area contributed by atoms with E-state index in [1.165, 1.54) is 6.08 Å². The fourth-order valence-electron chi connectivity index (χ4n) is 1.47. The summed E-state index contributed by atoms with van der Waals surface area (Å²) < 4.78 is 5.52. The van der Waals surface area contributed by atoms with Gasteiger partial charge in [-0.2, -0.15) is 0 Å². The number of carbonyl (C=O) groups is 1. The fourth-order valence-corrected chi connectivity index (χ4v) is 1.47. The molecule has 0 atom stereocenters.